The van der Waals surface area contributed by atoms with Crippen molar-refractivity contribution < 1.29 is 27.4 Å². The summed E-state index contributed by atoms with van der Waals surface area (Å²) in [6.07, 6.45) is 0.790. The summed E-state index contributed by atoms with van der Waals surface area (Å²) >= 11 is 3.36. The molecule has 0 aliphatic heterocycles. The number of nitrogens with two attached hydrogens (primary N) is 1. The number of hydrogen-bond acceptors (Lipinski definition) is 6. The van der Waals surface area contributed by atoms with Gasteiger partial charge in [-0.15, -0.1) is 0 Å². The van der Waals surface area contributed by atoms with E-state index < -0.39 is 10.0 Å². The van der Waals surface area contributed by atoms with Crippen LogP contribution in [0.5, 0.6) is 11.5 Å². The molecule has 146 valence electrons. The maximum absolute atomic E-state index is 11.7. The van der Waals surface area contributed by atoms with Gasteiger partial charge >= 0.3 is 5.97 Å². The molecule has 0 heterocycles. The molecule has 0 aliphatic carbocycles. The van der Waals surface area contributed by atoms with E-state index in [2.05, 4.69) is 15.9 Å². The van der Waals surface area contributed by atoms with Gasteiger partial charge in [0.15, 0.2) is 0 Å². The minimum Gasteiger partial charge on any atom is -0.494 e. The zero-order valence-corrected chi connectivity index (χ0v) is 16.9. The quantitative estimate of drug-likeness (QED) is 0.434. The third-order valence-electron chi connectivity index (χ3n) is 3.36. The van der Waals surface area contributed by atoms with Crippen LogP contribution in [-0.4, -0.2) is 34.2 Å². The highest BCUT2D eigenvalue weighted by Crippen LogP contribution is 2.18. The molecule has 0 amide bonds. The van der Waals surface area contributed by atoms with Gasteiger partial charge in [0.2, 0.25) is 10.0 Å². The lowest BCUT2D eigenvalue weighted by Gasteiger charge is -2.08. The Morgan fingerprint density at radius 2 is 1.67 bits per heavy atom. The second-order valence-corrected chi connectivity index (χ2v) is 7.97. The summed E-state index contributed by atoms with van der Waals surface area (Å²) in [5.41, 5.74) is 0. The fraction of sp³-hybridized carbons (Fsp3) is 0.278. The van der Waals surface area contributed by atoms with Gasteiger partial charge in [-0.2, -0.15) is 0 Å². The molecule has 2 N–H and O–H groups in total. The highest BCUT2D eigenvalue weighted by Gasteiger charge is 2.07. The fourth-order valence-corrected chi connectivity index (χ4v) is 2.97. The fourth-order valence-electron chi connectivity index (χ4n) is 2.08. The largest absolute Gasteiger partial charge is 0.494 e. The van der Waals surface area contributed by atoms with Gasteiger partial charge in [0.05, 0.1) is 11.5 Å². The van der Waals surface area contributed by atoms with Crippen molar-refractivity contribution in [3.63, 3.8) is 0 Å². The summed E-state index contributed by atoms with van der Waals surface area (Å²) in [5.74, 6) is 0.862. The van der Waals surface area contributed by atoms with Gasteiger partial charge in [0.25, 0.3) is 0 Å². The number of ether oxygens (including phenoxy) is 3. The standard InChI is InChI=1S/C18H20BrNO6S/c19-14-3-1-4-16(13-14)24-10-2-5-18(21)26-12-11-25-15-6-8-17(9-7-15)27(20,22)23/h1,3-4,6-9,13H,2,5,10-12H2,(H2,20,22,23). The Hall–Kier alpha value is -2.10. The van der Waals surface area contributed by atoms with Crippen molar-refractivity contribution in [2.75, 3.05) is 19.8 Å². The molecule has 7 nitrogen and oxygen atoms in total. The number of esters is 1. The van der Waals surface area contributed by atoms with Gasteiger partial charge in [0.1, 0.15) is 24.7 Å². The molecule has 0 aromatic heterocycles. The highest BCUT2D eigenvalue weighted by molar-refractivity contribution is 9.10. The van der Waals surface area contributed by atoms with Crippen LogP contribution in [0.25, 0.3) is 0 Å². The van der Waals surface area contributed by atoms with Crippen LogP contribution in [0, 0.1) is 0 Å². The SMILES string of the molecule is NS(=O)(=O)c1ccc(OCCOC(=O)CCCOc2cccc(Br)c2)cc1. The van der Waals surface area contributed by atoms with Gasteiger partial charge < -0.3 is 14.2 Å². The summed E-state index contributed by atoms with van der Waals surface area (Å²) in [5, 5.41) is 5.01. The topological polar surface area (TPSA) is 105 Å². The Morgan fingerprint density at radius 3 is 2.33 bits per heavy atom. The monoisotopic (exact) mass is 457 g/mol. The van der Waals surface area contributed by atoms with E-state index in [1.165, 1.54) is 24.3 Å². The molecule has 0 radical (unpaired) electrons. The molecule has 0 fully saturated rings. The molecule has 2 aromatic rings. The maximum Gasteiger partial charge on any atom is 0.306 e. The molecule has 0 atom stereocenters. The summed E-state index contributed by atoms with van der Waals surface area (Å²) in [7, 11) is -3.72. The lowest BCUT2D eigenvalue weighted by molar-refractivity contribution is -0.144. The van der Waals surface area contributed by atoms with E-state index in [4.69, 9.17) is 19.3 Å². The first kappa shape index (κ1) is 21.2. The molecule has 2 rings (SSSR count). The Labute approximate surface area is 166 Å². The molecule has 2 aromatic carbocycles. The predicted octanol–water partition coefficient (Wildman–Crippen LogP) is 2.88. The van der Waals surface area contributed by atoms with Gasteiger partial charge in [-0.1, -0.05) is 22.0 Å². The zero-order valence-electron chi connectivity index (χ0n) is 14.5. The molecule has 0 saturated heterocycles. The van der Waals surface area contributed by atoms with Crippen molar-refractivity contribution in [1.82, 2.24) is 0 Å². The van der Waals surface area contributed by atoms with Crippen LogP contribution < -0.4 is 14.6 Å². The molecule has 0 unspecified atom stereocenters. The van der Waals surface area contributed by atoms with Crippen LogP contribution in [0.2, 0.25) is 0 Å². The molecule has 9 heteroatoms. The van der Waals surface area contributed by atoms with Crippen molar-refractivity contribution >= 4 is 31.9 Å². The van der Waals surface area contributed by atoms with E-state index in [1.54, 1.807) is 0 Å². The third kappa shape index (κ3) is 7.98. The van der Waals surface area contributed by atoms with Crippen LogP contribution in [0.4, 0.5) is 0 Å². The second kappa shape index (κ2) is 10.3. The maximum atomic E-state index is 11.7. The molecular formula is C18H20BrNO6S. The minimum absolute atomic E-state index is 0.00589. The lowest BCUT2D eigenvalue weighted by Crippen LogP contribution is -2.13. The van der Waals surface area contributed by atoms with Crippen LogP contribution in [0.1, 0.15) is 12.8 Å². The van der Waals surface area contributed by atoms with Crippen molar-refractivity contribution in [3.05, 3.63) is 53.0 Å². The van der Waals surface area contributed by atoms with Crippen LogP contribution >= 0.6 is 15.9 Å². The normalized spacial score (nSPS) is 11.0. The second-order valence-electron chi connectivity index (χ2n) is 5.49. The van der Waals surface area contributed by atoms with Crippen LogP contribution in [0.15, 0.2) is 57.9 Å². The van der Waals surface area contributed by atoms with E-state index in [-0.39, 0.29) is 30.5 Å². The highest BCUT2D eigenvalue weighted by atomic mass is 79.9. The zero-order chi connectivity index (χ0) is 19.7. The van der Waals surface area contributed by atoms with Gasteiger partial charge in [-0.3, -0.25) is 4.79 Å². The first-order chi connectivity index (χ1) is 12.8. The molecule has 0 saturated carbocycles. The summed E-state index contributed by atoms with van der Waals surface area (Å²) < 4.78 is 39.2. The van der Waals surface area contributed by atoms with E-state index in [1.807, 2.05) is 24.3 Å². The van der Waals surface area contributed by atoms with Crippen LogP contribution in [-0.2, 0) is 19.6 Å². The number of halogens is 1. The Kier molecular flexibility index (Phi) is 8.08. The van der Waals surface area contributed by atoms with Gasteiger partial charge in [0, 0.05) is 10.9 Å². The first-order valence-electron chi connectivity index (χ1n) is 8.14. The smallest absolute Gasteiger partial charge is 0.306 e. The van der Waals surface area contributed by atoms with E-state index in [9.17, 15) is 13.2 Å². The first-order valence-corrected chi connectivity index (χ1v) is 10.5. The van der Waals surface area contributed by atoms with Crippen LogP contribution in [0.3, 0.4) is 0 Å². The summed E-state index contributed by atoms with van der Waals surface area (Å²) in [4.78, 5) is 11.7. The molecule has 27 heavy (non-hydrogen) atoms. The van der Waals surface area contributed by atoms with E-state index >= 15 is 0 Å². The number of hydrogen-bond donors (Lipinski definition) is 1. The third-order valence-corrected chi connectivity index (χ3v) is 4.78. The average Bonchev–Trinajstić information content (AvgIpc) is 2.62. The number of rotatable bonds is 10. The average molecular weight is 458 g/mol. The van der Waals surface area contributed by atoms with Crippen molar-refractivity contribution in [2.45, 2.75) is 17.7 Å². The van der Waals surface area contributed by atoms with Gasteiger partial charge in [-0.25, -0.2) is 13.6 Å². The van der Waals surface area contributed by atoms with Gasteiger partial charge in [-0.05, 0) is 48.9 Å². The number of sulfonamides is 1. The summed E-state index contributed by atoms with van der Waals surface area (Å²) in [6.45, 7) is 0.676. The molecule has 0 spiro atoms. The number of benzene rings is 2. The van der Waals surface area contributed by atoms with Crippen molar-refractivity contribution in [3.8, 4) is 11.5 Å². The van der Waals surface area contributed by atoms with E-state index in [0.717, 1.165) is 10.2 Å². The lowest BCUT2D eigenvalue weighted by atomic mass is 10.3. The van der Waals surface area contributed by atoms with Crippen molar-refractivity contribution in [2.24, 2.45) is 5.14 Å². The van der Waals surface area contributed by atoms with Crippen molar-refractivity contribution in [1.29, 1.82) is 0 Å². The Balaban J connectivity index is 1.58. The molecular weight excluding hydrogens is 438 g/mol. The number of carbonyl (C=O) groups excluding carboxylic acids is 1. The minimum atomic E-state index is -3.72. The number of carbonyl (C=O) groups is 1. The molecule has 0 bridgehead atoms. The Bertz CT molecular complexity index is 854. The number of primary sulfonamides is 1. The predicted molar refractivity (Wildman–Crippen MR) is 103 cm³/mol. The molecule has 0 aliphatic rings. The van der Waals surface area contributed by atoms with E-state index in [0.29, 0.717) is 18.8 Å². The summed E-state index contributed by atoms with van der Waals surface area (Å²) in [6, 6.07) is 13.1. The Morgan fingerprint density at radius 1 is 0.963 bits per heavy atom.